The van der Waals surface area contributed by atoms with Gasteiger partial charge in [0.15, 0.2) is 0 Å². The molecule has 0 saturated carbocycles. The van der Waals surface area contributed by atoms with Crippen LogP contribution in [0.15, 0.2) is 12.4 Å². The van der Waals surface area contributed by atoms with Crippen LogP contribution in [0.4, 0.5) is 0 Å². The van der Waals surface area contributed by atoms with Crippen molar-refractivity contribution in [1.82, 2.24) is 24.9 Å². The minimum Gasteiger partial charge on any atom is -0.315 e. The maximum absolute atomic E-state index is 4.25. The van der Waals surface area contributed by atoms with Gasteiger partial charge in [-0.05, 0) is 25.5 Å². The Labute approximate surface area is 115 Å². The maximum Gasteiger partial charge on any atom is 0.0521 e. The third kappa shape index (κ3) is 2.83. The third-order valence-electron chi connectivity index (χ3n) is 4.66. The molecule has 0 amide bonds. The van der Waals surface area contributed by atoms with E-state index >= 15 is 0 Å². The Morgan fingerprint density at radius 2 is 2.16 bits per heavy atom. The van der Waals surface area contributed by atoms with Gasteiger partial charge in [0.25, 0.3) is 0 Å². The Balaban J connectivity index is 1.58. The molecule has 1 aromatic heterocycles. The number of aromatic nitrogens is 2. The molecular formula is C14H25N5. The largest absolute Gasteiger partial charge is 0.315 e. The van der Waals surface area contributed by atoms with Crippen molar-refractivity contribution in [2.75, 3.05) is 39.8 Å². The summed E-state index contributed by atoms with van der Waals surface area (Å²) in [6.07, 6.45) is 6.42. The van der Waals surface area contributed by atoms with E-state index in [0.717, 1.165) is 6.42 Å². The number of likely N-dealkylation sites (N-methyl/N-ethyl adjacent to an activating group) is 1. The summed E-state index contributed by atoms with van der Waals surface area (Å²) < 4.78 is 1.89. The molecule has 1 N–H and O–H groups in total. The average molecular weight is 263 g/mol. The van der Waals surface area contributed by atoms with Crippen molar-refractivity contribution in [3.05, 3.63) is 18.0 Å². The fraction of sp³-hybridized carbons (Fsp3) is 0.786. The molecule has 1 aromatic rings. The van der Waals surface area contributed by atoms with E-state index in [2.05, 4.69) is 33.5 Å². The second-order valence-corrected chi connectivity index (χ2v) is 5.86. The molecule has 0 spiro atoms. The Hall–Kier alpha value is -0.910. The summed E-state index contributed by atoms with van der Waals surface area (Å²) in [5, 5.41) is 7.79. The van der Waals surface area contributed by atoms with Gasteiger partial charge >= 0.3 is 0 Å². The smallest absolute Gasteiger partial charge is 0.0521 e. The first-order chi connectivity index (χ1) is 9.26. The van der Waals surface area contributed by atoms with Crippen LogP contribution >= 0.6 is 0 Å². The van der Waals surface area contributed by atoms with E-state index in [1.165, 1.54) is 44.7 Å². The molecule has 3 aliphatic heterocycles. The lowest BCUT2D eigenvalue weighted by Gasteiger charge is -2.50. The van der Waals surface area contributed by atoms with E-state index in [9.17, 15) is 0 Å². The van der Waals surface area contributed by atoms with Crippen molar-refractivity contribution in [2.24, 2.45) is 7.05 Å². The lowest BCUT2D eigenvalue weighted by Crippen LogP contribution is -2.66. The van der Waals surface area contributed by atoms with Crippen LogP contribution in [0.3, 0.4) is 0 Å². The summed E-state index contributed by atoms with van der Waals surface area (Å²) in [5.74, 6) is 0. The van der Waals surface area contributed by atoms with Gasteiger partial charge in [-0.15, -0.1) is 0 Å². The predicted octanol–water partition coefficient (Wildman–Crippen LogP) is -0.0595. The van der Waals surface area contributed by atoms with E-state index in [0.29, 0.717) is 12.1 Å². The van der Waals surface area contributed by atoms with Crippen molar-refractivity contribution in [2.45, 2.75) is 24.9 Å². The zero-order valence-electron chi connectivity index (χ0n) is 12.0. The van der Waals surface area contributed by atoms with Crippen LogP contribution in [0, 0.1) is 0 Å². The Morgan fingerprint density at radius 1 is 1.37 bits per heavy atom. The quantitative estimate of drug-likeness (QED) is 0.807. The first-order valence-corrected chi connectivity index (χ1v) is 7.37. The number of fused-ring (bicyclic) bond motifs is 3. The second kappa shape index (κ2) is 5.61. The van der Waals surface area contributed by atoms with Crippen molar-refractivity contribution in [3.63, 3.8) is 0 Å². The van der Waals surface area contributed by atoms with Crippen LogP contribution in [-0.2, 0) is 13.5 Å². The Morgan fingerprint density at radius 3 is 2.68 bits per heavy atom. The molecule has 4 rings (SSSR count). The number of hydrogen-bond donors (Lipinski definition) is 1. The summed E-state index contributed by atoms with van der Waals surface area (Å²) in [5.41, 5.74) is 1.35. The van der Waals surface area contributed by atoms with Gasteiger partial charge in [0.05, 0.1) is 6.20 Å². The molecule has 0 radical (unpaired) electrons. The molecular weight excluding hydrogens is 238 g/mol. The van der Waals surface area contributed by atoms with Crippen LogP contribution in [0.2, 0.25) is 0 Å². The normalized spacial score (nSPS) is 31.6. The molecule has 3 saturated heterocycles. The van der Waals surface area contributed by atoms with Crippen molar-refractivity contribution in [3.8, 4) is 0 Å². The molecule has 106 valence electrons. The van der Waals surface area contributed by atoms with Crippen molar-refractivity contribution in [1.29, 1.82) is 0 Å². The number of piperazine rings is 3. The van der Waals surface area contributed by atoms with Gasteiger partial charge < -0.3 is 5.32 Å². The lowest BCUT2D eigenvalue weighted by molar-refractivity contribution is -0.00326. The van der Waals surface area contributed by atoms with Gasteiger partial charge in [0, 0.05) is 58.1 Å². The third-order valence-corrected chi connectivity index (χ3v) is 4.66. The highest BCUT2D eigenvalue weighted by Crippen LogP contribution is 2.20. The molecule has 3 fully saturated rings. The van der Waals surface area contributed by atoms with Gasteiger partial charge in [0.1, 0.15) is 0 Å². The molecule has 5 nitrogen and oxygen atoms in total. The van der Waals surface area contributed by atoms with Crippen LogP contribution < -0.4 is 5.32 Å². The molecule has 2 unspecified atom stereocenters. The first kappa shape index (κ1) is 13.1. The summed E-state index contributed by atoms with van der Waals surface area (Å²) in [6, 6.07) is 1.27. The summed E-state index contributed by atoms with van der Waals surface area (Å²) in [4.78, 5) is 5.28. The number of nitrogens with zero attached hydrogens (tertiary/aromatic N) is 4. The van der Waals surface area contributed by atoms with Crippen LogP contribution in [-0.4, -0.2) is 71.4 Å². The highest BCUT2D eigenvalue weighted by Gasteiger charge is 2.35. The van der Waals surface area contributed by atoms with Gasteiger partial charge in [-0.2, -0.15) is 5.10 Å². The van der Waals surface area contributed by atoms with Crippen LogP contribution in [0.25, 0.3) is 0 Å². The van der Waals surface area contributed by atoms with E-state index in [4.69, 9.17) is 0 Å². The number of aryl methyl sites for hydroxylation is 2. The van der Waals surface area contributed by atoms with E-state index in [-0.39, 0.29) is 0 Å². The minimum atomic E-state index is 0.586. The Kier molecular flexibility index (Phi) is 3.86. The lowest BCUT2D eigenvalue weighted by atomic mass is 9.95. The van der Waals surface area contributed by atoms with E-state index < -0.39 is 0 Å². The zero-order chi connectivity index (χ0) is 13.2. The summed E-state index contributed by atoms with van der Waals surface area (Å²) >= 11 is 0. The first-order valence-electron chi connectivity index (χ1n) is 7.37. The van der Waals surface area contributed by atoms with Gasteiger partial charge in [-0.25, -0.2) is 0 Å². The standard InChI is InChI=1S/C14H25N5/c1-15-13(4-3-12-9-16-17(2)10-12)14-11-18-5-7-19(14)8-6-18/h9-10,13-15H,3-8,11H2,1-2H3. The van der Waals surface area contributed by atoms with Crippen LogP contribution in [0.5, 0.6) is 0 Å². The van der Waals surface area contributed by atoms with Gasteiger partial charge in [0.2, 0.25) is 0 Å². The predicted molar refractivity (Wildman–Crippen MR) is 76.2 cm³/mol. The molecule has 0 aromatic carbocycles. The number of rotatable bonds is 5. The highest BCUT2D eigenvalue weighted by molar-refractivity contribution is 5.05. The Bertz CT molecular complexity index is 408. The van der Waals surface area contributed by atoms with Crippen molar-refractivity contribution < 1.29 is 0 Å². The van der Waals surface area contributed by atoms with Gasteiger partial charge in [-0.1, -0.05) is 0 Å². The van der Waals surface area contributed by atoms with Crippen LogP contribution in [0.1, 0.15) is 12.0 Å². The van der Waals surface area contributed by atoms with E-state index in [1.807, 2.05) is 17.9 Å². The summed E-state index contributed by atoms with van der Waals surface area (Å²) in [6.45, 7) is 6.25. The SMILES string of the molecule is CNC(CCc1cnn(C)c1)C1CN2CCN1CC2. The maximum atomic E-state index is 4.25. The molecule has 2 bridgehead atoms. The molecule has 5 heteroatoms. The van der Waals surface area contributed by atoms with Gasteiger partial charge in [-0.3, -0.25) is 14.5 Å². The molecule has 4 heterocycles. The number of hydrogen-bond acceptors (Lipinski definition) is 4. The highest BCUT2D eigenvalue weighted by atomic mass is 15.4. The minimum absolute atomic E-state index is 0.586. The molecule has 3 aliphatic rings. The fourth-order valence-corrected chi connectivity index (χ4v) is 3.49. The molecule has 0 aliphatic carbocycles. The number of nitrogens with one attached hydrogen (secondary N) is 1. The second-order valence-electron chi connectivity index (χ2n) is 5.86. The zero-order valence-corrected chi connectivity index (χ0v) is 12.0. The molecule has 2 atom stereocenters. The fourth-order valence-electron chi connectivity index (χ4n) is 3.49. The average Bonchev–Trinajstić information content (AvgIpc) is 2.87. The molecule has 19 heavy (non-hydrogen) atoms. The summed E-state index contributed by atoms with van der Waals surface area (Å²) in [7, 11) is 4.09. The topological polar surface area (TPSA) is 36.3 Å². The van der Waals surface area contributed by atoms with E-state index in [1.54, 1.807) is 0 Å². The van der Waals surface area contributed by atoms with Crippen molar-refractivity contribution >= 4 is 0 Å². The monoisotopic (exact) mass is 263 g/mol.